The second-order valence-corrected chi connectivity index (χ2v) is 5.45. The van der Waals surface area contributed by atoms with Gasteiger partial charge in [0.1, 0.15) is 11.5 Å². The first-order chi connectivity index (χ1) is 11.7. The summed E-state index contributed by atoms with van der Waals surface area (Å²) in [4.78, 5) is 19.8. The van der Waals surface area contributed by atoms with Crippen molar-refractivity contribution in [3.63, 3.8) is 0 Å². The first-order valence-electron chi connectivity index (χ1n) is 7.43. The molecule has 5 heteroatoms. The number of ether oxygens (including phenoxy) is 1. The number of aromatic amines is 1. The van der Waals surface area contributed by atoms with Crippen LogP contribution in [0.4, 0.5) is 4.39 Å². The topological polar surface area (TPSA) is 55.0 Å². The Morgan fingerprint density at radius 1 is 1.08 bits per heavy atom. The summed E-state index contributed by atoms with van der Waals surface area (Å²) in [7, 11) is 1.32. The molecule has 2 heterocycles. The number of pyridine rings is 1. The molecule has 0 bridgehead atoms. The van der Waals surface area contributed by atoms with Crippen molar-refractivity contribution in [3.05, 3.63) is 66.1 Å². The van der Waals surface area contributed by atoms with Gasteiger partial charge in [0.2, 0.25) is 0 Å². The van der Waals surface area contributed by atoms with Crippen LogP contribution >= 0.6 is 0 Å². The minimum absolute atomic E-state index is 0.217. The van der Waals surface area contributed by atoms with Crippen LogP contribution in [0.5, 0.6) is 0 Å². The smallest absolute Gasteiger partial charge is 0.356 e. The highest BCUT2D eigenvalue weighted by Gasteiger charge is 2.17. The maximum absolute atomic E-state index is 13.2. The normalized spacial score (nSPS) is 11.1. The molecule has 0 spiro atoms. The van der Waals surface area contributed by atoms with E-state index >= 15 is 0 Å². The van der Waals surface area contributed by atoms with Gasteiger partial charge in [0.15, 0.2) is 0 Å². The van der Waals surface area contributed by atoms with Crippen LogP contribution < -0.4 is 0 Å². The minimum Gasteiger partial charge on any atom is -0.464 e. The summed E-state index contributed by atoms with van der Waals surface area (Å²) in [5.41, 5.74) is 3.27. The Hall–Kier alpha value is -3.21. The lowest BCUT2D eigenvalue weighted by atomic mass is 10.1. The third kappa shape index (κ3) is 2.22. The number of hydrogen-bond donors (Lipinski definition) is 1. The van der Waals surface area contributed by atoms with Crippen LogP contribution in [-0.4, -0.2) is 23.0 Å². The summed E-state index contributed by atoms with van der Waals surface area (Å²) in [6.45, 7) is 0. The highest BCUT2D eigenvalue weighted by Crippen LogP contribution is 2.32. The van der Waals surface area contributed by atoms with E-state index in [9.17, 15) is 9.18 Å². The van der Waals surface area contributed by atoms with Gasteiger partial charge >= 0.3 is 5.97 Å². The molecular weight excluding hydrogens is 307 g/mol. The molecule has 1 N–H and O–H groups in total. The standard InChI is InChI=1S/C19H13FN2O2/c1-24-19(23)16-10-14-13-4-2-3-5-15(13)21-18(14)17(22-16)11-6-8-12(20)9-7-11/h2-10,21H,1H3. The molecule has 0 saturated carbocycles. The van der Waals surface area contributed by atoms with E-state index in [4.69, 9.17) is 4.74 Å². The molecule has 4 aromatic rings. The summed E-state index contributed by atoms with van der Waals surface area (Å²) in [5.74, 6) is -0.832. The first kappa shape index (κ1) is 14.4. The van der Waals surface area contributed by atoms with Gasteiger partial charge in [-0.1, -0.05) is 18.2 Å². The van der Waals surface area contributed by atoms with Gasteiger partial charge in [-0.15, -0.1) is 0 Å². The molecule has 0 aliphatic carbocycles. The number of nitrogens with one attached hydrogen (secondary N) is 1. The van der Waals surface area contributed by atoms with Crippen molar-refractivity contribution in [1.82, 2.24) is 9.97 Å². The fraction of sp³-hybridized carbons (Fsp3) is 0.0526. The third-order valence-corrected chi connectivity index (χ3v) is 4.01. The fourth-order valence-electron chi connectivity index (χ4n) is 2.87. The predicted octanol–water partition coefficient (Wildman–Crippen LogP) is 4.31. The number of hydrogen-bond acceptors (Lipinski definition) is 3. The quantitative estimate of drug-likeness (QED) is 0.560. The molecule has 0 unspecified atom stereocenters. The second-order valence-electron chi connectivity index (χ2n) is 5.45. The first-order valence-corrected chi connectivity index (χ1v) is 7.43. The van der Waals surface area contributed by atoms with Crippen LogP contribution in [0.25, 0.3) is 33.1 Å². The lowest BCUT2D eigenvalue weighted by molar-refractivity contribution is 0.0594. The summed E-state index contributed by atoms with van der Waals surface area (Å²) < 4.78 is 18.1. The number of esters is 1. The van der Waals surface area contributed by atoms with Crippen molar-refractivity contribution < 1.29 is 13.9 Å². The van der Waals surface area contributed by atoms with E-state index in [0.29, 0.717) is 5.69 Å². The van der Waals surface area contributed by atoms with Gasteiger partial charge in [-0.05, 0) is 36.4 Å². The average molecular weight is 320 g/mol. The number of rotatable bonds is 2. The van der Waals surface area contributed by atoms with Crippen molar-refractivity contribution in [1.29, 1.82) is 0 Å². The summed E-state index contributed by atoms with van der Waals surface area (Å²) in [6.07, 6.45) is 0. The van der Waals surface area contributed by atoms with Gasteiger partial charge < -0.3 is 9.72 Å². The highest BCUT2D eigenvalue weighted by atomic mass is 19.1. The molecule has 0 atom stereocenters. The number of halogens is 1. The molecule has 2 aromatic heterocycles. The van der Waals surface area contributed by atoms with E-state index in [0.717, 1.165) is 27.4 Å². The van der Waals surface area contributed by atoms with Gasteiger partial charge in [0, 0.05) is 21.9 Å². The number of carbonyl (C=O) groups is 1. The van der Waals surface area contributed by atoms with Gasteiger partial charge in [0.05, 0.1) is 18.3 Å². The van der Waals surface area contributed by atoms with Crippen LogP contribution in [0.2, 0.25) is 0 Å². The molecular formula is C19H13FN2O2. The van der Waals surface area contributed by atoms with Gasteiger partial charge in [-0.25, -0.2) is 14.2 Å². The van der Waals surface area contributed by atoms with E-state index in [1.165, 1.54) is 19.2 Å². The summed E-state index contributed by atoms with van der Waals surface area (Å²) >= 11 is 0. The van der Waals surface area contributed by atoms with Crippen LogP contribution in [0.3, 0.4) is 0 Å². The van der Waals surface area contributed by atoms with Crippen molar-refractivity contribution in [2.75, 3.05) is 7.11 Å². The Balaban J connectivity index is 2.09. The zero-order valence-corrected chi connectivity index (χ0v) is 12.8. The molecule has 0 aliphatic rings. The van der Waals surface area contributed by atoms with Gasteiger partial charge in [-0.2, -0.15) is 0 Å². The van der Waals surface area contributed by atoms with Crippen molar-refractivity contribution in [2.45, 2.75) is 0 Å². The predicted molar refractivity (Wildman–Crippen MR) is 90.3 cm³/mol. The second kappa shape index (κ2) is 5.45. The van der Waals surface area contributed by atoms with Crippen molar-refractivity contribution in [2.24, 2.45) is 0 Å². The molecule has 0 saturated heterocycles. The molecule has 4 nitrogen and oxygen atoms in total. The van der Waals surface area contributed by atoms with E-state index < -0.39 is 5.97 Å². The zero-order valence-electron chi connectivity index (χ0n) is 12.8. The number of fused-ring (bicyclic) bond motifs is 3. The van der Waals surface area contributed by atoms with E-state index in [-0.39, 0.29) is 11.5 Å². The van der Waals surface area contributed by atoms with Crippen molar-refractivity contribution in [3.8, 4) is 11.3 Å². The van der Waals surface area contributed by atoms with Crippen LogP contribution in [0.15, 0.2) is 54.6 Å². The van der Waals surface area contributed by atoms with Crippen molar-refractivity contribution >= 4 is 27.8 Å². The third-order valence-electron chi connectivity index (χ3n) is 4.01. The Labute approximate surface area is 136 Å². The number of nitrogens with zero attached hydrogens (tertiary/aromatic N) is 1. The van der Waals surface area contributed by atoms with Crippen LogP contribution in [-0.2, 0) is 4.74 Å². The zero-order chi connectivity index (χ0) is 16.7. The number of benzene rings is 2. The van der Waals surface area contributed by atoms with E-state index in [2.05, 4.69) is 9.97 Å². The average Bonchev–Trinajstić information content (AvgIpc) is 2.99. The number of methoxy groups -OCH3 is 1. The Kier molecular flexibility index (Phi) is 3.27. The van der Waals surface area contributed by atoms with E-state index in [1.807, 2.05) is 24.3 Å². The Bertz CT molecular complexity index is 1070. The SMILES string of the molecule is COC(=O)c1cc2c([nH]c3ccccc32)c(-c2ccc(F)cc2)n1. The molecule has 0 fully saturated rings. The number of para-hydroxylation sites is 1. The minimum atomic E-state index is -0.509. The summed E-state index contributed by atoms with van der Waals surface area (Å²) in [5, 5.41) is 1.86. The lowest BCUT2D eigenvalue weighted by Crippen LogP contribution is -2.05. The fourth-order valence-corrected chi connectivity index (χ4v) is 2.87. The summed E-state index contributed by atoms with van der Waals surface area (Å²) in [6, 6.07) is 15.5. The molecule has 0 radical (unpaired) electrons. The highest BCUT2D eigenvalue weighted by molar-refractivity contribution is 6.12. The monoisotopic (exact) mass is 320 g/mol. The molecule has 0 aliphatic heterocycles. The maximum Gasteiger partial charge on any atom is 0.356 e. The van der Waals surface area contributed by atoms with E-state index in [1.54, 1.807) is 18.2 Å². The molecule has 118 valence electrons. The van der Waals surface area contributed by atoms with Crippen LogP contribution in [0.1, 0.15) is 10.5 Å². The molecule has 24 heavy (non-hydrogen) atoms. The molecule has 2 aromatic carbocycles. The number of carbonyl (C=O) groups excluding carboxylic acids is 1. The largest absolute Gasteiger partial charge is 0.464 e. The Morgan fingerprint density at radius 2 is 1.83 bits per heavy atom. The molecule has 4 rings (SSSR count). The number of aromatic nitrogens is 2. The molecule has 0 amide bonds. The van der Waals surface area contributed by atoms with Gasteiger partial charge in [0.25, 0.3) is 0 Å². The number of H-pyrrole nitrogens is 1. The van der Waals surface area contributed by atoms with Gasteiger partial charge in [-0.3, -0.25) is 0 Å². The Morgan fingerprint density at radius 3 is 2.58 bits per heavy atom. The maximum atomic E-state index is 13.2. The lowest BCUT2D eigenvalue weighted by Gasteiger charge is -2.06. The van der Waals surface area contributed by atoms with Crippen LogP contribution in [0, 0.1) is 5.82 Å².